The average Bonchev–Trinajstić information content (AvgIpc) is 2.29. The molecule has 0 aliphatic heterocycles. The molecular weight excluding hydrogens is 278 g/mol. The molecule has 0 radical (unpaired) electrons. The number of unbranched alkanes of at least 4 members (excludes halogenated alkanes) is 1. The SMILES string of the molecule is CCCCNCC(C)Oc1cc(Br)ccc1C. The highest BCUT2D eigenvalue weighted by Gasteiger charge is 2.06. The standard InChI is InChI=1S/C14H22BrNO/c1-4-5-8-16-10-12(3)17-14-9-13(15)7-6-11(14)2/h6-7,9,12,16H,4-5,8,10H2,1-3H3. The van der Waals surface area contributed by atoms with E-state index in [0.29, 0.717) is 0 Å². The quantitative estimate of drug-likeness (QED) is 0.771. The van der Waals surface area contributed by atoms with E-state index in [-0.39, 0.29) is 6.10 Å². The summed E-state index contributed by atoms with van der Waals surface area (Å²) in [5.41, 5.74) is 1.17. The molecule has 1 N–H and O–H groups in total. The van der Waals surface area contributed by atoms with Crippen LogP contribution in [0.3, 0.4) is 0 Å². The Bertz CT molecular complexity index is 341. The third-order valence-corrected chi connectivity index (χ3v) is 3.11. The van der Waals surface area contributed by atoms with Crippen molar-refractivity contribution in [1.82, 2.24) is 5.32 Å². The lowest BCUT2D eigenvalue weighted by atomic mass is 10.2. The van der Waals surface area contributed by atoms with Crippen molar-refractivity contribution in [3.8, 4) is 5.75 Å². The fourth-order valence-electron chi connectivity index (χ4n) is 1.57. The van der Waals surface area contributed by atoms with Crippen LogP contribution < -0.4 is 10.1 Å². The van der Waals surface area contributed by atoms with Crippen molar-refractivity contribution in [2.45, 2.75) is 39.7 Å². The van der Waals surface area contributed by atoms with Crippen LogP contribution in [0.4, 0.5) is 0 Å². The molecule has 1 aromatic carbocycles. The number of ether oxygens (including phenoxy) is 1. The van der Waals surface area contributed by atoms with E-state index in [9.17, 15) is 0 Å². The summed E-state index contributed by atoms with van der Waals surface area (Å²) in [6.07, 6.45) is 2.65. The predicted molar refractivity (Wildman–Crippen MR) is 76.7 cm³/mol. The van der Waals surface area contributed by atoms with Gasteiger partial charge >= 0.3 is 0 Å². The van der Waals surface area contributed by atoms with Crippen molar-refractivity contribution in [1.29, 1.82) is 0 Å². The maximum absolute atomic E-state index is 5.91. The van der Waals surface area contributed by atoms with Crippen molar-refractivity contribution < 1.29 is 4.74 Å². The Morgan fingerprint density at radius 1 is 1.41 bits per heavy atom. The van der Waals surface area contributed by atoms with Crippen LogP contribution in [0, 0.1) is 6.92 Å². The van der Waals surface area contributed by atoms with Crippen molar-refractivity contribution >= 4 is 15.9 Å². The summed E-state index contributed by atoms with van der Waals surface area (Å²) in [4.78, 5) is 0. The molecule has 3 heteroatoms. The first kappa shape index (κ1) is 14.5. The Labute approximate surface area is 113 Å². The second kappa shape index (κ2) is 7.72. The molecule has 0 aliphatic rings. The third kappa shape index (κ3) is 5.55. The van der Waals surface area contributed by atoms with E-state index in [4.69, 9.17) is 4.74 Å². The summed E-state index contributed by atoms with van der Waals surface area (Å²) in [5, 5.41) is 3.40. The smallest absolute Gasteiger partial charge is 0.123 e. The largest absolute Gasteiger partial charge is 0.489 e. The third-order valence-electron chi connectivity index (χ3n) is 2.62. The van der Waals surface area contributed by atoms with Gasteiger partial charge in [0.1, 0.15) is 11.9 Å². The molecule has 0 heterocycles. The van der Waals surface area contributed by atoms with Gasteiger partial charge in [0, 0.05) is 11.0 Å². The number of aryl methyl sites for hydroxylation is 1. The Balaban J connectivity index is 2.39. The molecule has 0 fully saturated rings. The van der Waals surface area contributed by atoms with Gasteiger partial charge in [-0.1, -0.05) is 35.3 Å². The number of benzene rings is 1. The molecule has 96 valence electrons. The van der Waals surface area contributed by atoms with E-state index in [0.717, 1.165) is 23.3 Å². The zero-order valence-corrected chi connectivity index (χ0v) is 12.5. The van der Waals surface area contributed by atoms with Crippen LogP contribution in [-0.2, 0) is 0 Å². The number of hydrogen-bond acceptors (Lipinski definition) is 2. The summed E-state index contributed by atoms with van der Waals surface area (Å²) < 4.78 is 6.97. The second-order valence-electron chi connectivity index (χ2n) is 4.40. The number of rotatable bonds is 7. The van der Waals surface area contributed by atoms with Gasteiger partial charge in [-0.05, 0) is 44.5 Å². The lowest BCUT2D eigenvalue weighted by Gasteiger charge is -2.17. The van der Waals surface area contributed by atoms with E-state index in [1.165, 1.54) is 18.4 Å². The van der Waals surface area contributed by atoms with Crippen LogP contribution in [0.2, 0.25) is 0 Å². The molecule has 1 rings (SSSR count). The topological polar surface area (TPSA) is 21.3 Å². The van der Waals surface area contributed by atoms with Crippen LogP contribution in [0.1, 0.15) is 32.3 Å². The van der Waals surface area contributed by atoms with Crippen molar-refractivity contribution in [2.75, 3.05) is 13.1 Å². The van der Waals surface area contributed by atoms with Crippen molar-refractivity contribution in [2.24, 2.45) is 0 Å². The minimum atomic E-state index is 0.194. The lowest BCUT2D eigenvalue weighted by Crippen LogP contribution is -2.29. The minimum absolute atomic E-state index is 0.194. The lowest BCUT2D eigenvalue weighted by molar-refractivity contribution is 0.215. The molecule has 0 saturated heterocycles. The first-order valence-electron chi connectivity index (χ1n) is 6.27. The van der Waals surface area contributed by atoms with Gasteiger partial charge < -0.3 is 10.1 Å². The molecule has 0 spiro atoms. The summed E-state index contributed by atoms with van der Waals surface area (Å²) >= 11 is 3.46. The number of nitrogens with one attached hydrogen (secondary N) is 1. The summed E-state index contributed by atoms with van der Waals surface area (Å²) in [7, 11) is 0. The van der Waals surface area contributed by atoms with Gasteiger partial charge in [0.25, 0.3) is 0 Å². The van der Waals surface area contributed by atoms with Gasteiger partial charge in [-0.15, -0.1) is 0 Å². The van der Waals surface area contributed by atoms with Gasteiger partial charge in [-0.2, -0.15) is 0 Å². The van der Waals surface area contributed by atoms with Gasteiger partial charge in [0.2, 0.25) is 0 Å². The highest BCUT2D eigenvalue weighted by atomic mass is 79.9. The van der Waals surface area contributed by atoms with Gasteiger partial charge in [-0.25, -0.2) is 0 Å². The van der Waals surface area contributed by atoms with Crippen molar-refractivity contribution in [3.05, 3.63) is 28.2 Å². The maximum Gasteiger partial charge on any atom is 0.123 e. The van der Waals surface area contributed by atoms with E-state index in [2.05, 4.69) is 48.1 Å². The van der Waals surface area contributed by atoms with Gasteiger partial charge in [-0.3, -0.25) is 0 Å². The molecular formula is C14H22BrNO. The molecule has 0 amide bonds. The Kier molecular flexibility index (Phi) is 6.60. The van der Waals surface area contributed by atoms with Crippen LogP contribution in [0.5, 0.6) is 5.75 Å². The number of halogens is 1. The Morgan fingerprint density at radius 3 is 2.88 bits per heavy atom. The zero-order valence-electron chi connectivity index (χ0n) is 10.9. The zero-order chi connectivity index (χ0) is 12.7. The molecule has 0 bridgehead atoms. The van der Waals surface area contributed by atoms with Crippen LogP contribution in [0.25, 0.3) is 0 Å². The highest BCUT2D eigenvalue weighted by Crippen LogP contribution is 2.23. The molecule has 17 heavy (non-hydrogen) atoms. The minimum Gasteiger partial charge on any atom is -0.489 e. The first-order chi connectivity index (χ1) is 8.13. The maximum atomic E-state index is 5.91. The molecule has 1 atom stereocenters. The molecule has 1 aromatic rings. The summed E-state index contributed by atoms with van der Waals surface area (Å²) in [6.45, 7) is 8.33. The van der Waals surface area contributed by atoms with E-state index < -0.39 is 0 Å². The second-order valence-corrected chi connectivity index (χ2v) is 5.31. The van der Waals surface area contributed by atoms with Crippen molar-refractivity contribution in [3.63, 3.8) is 0 Å². The van der Waals surface area contributed by atoms with Crippen LogP contribution >= 0.6 is 15.9 Å². The molecule has 0 aromatic heterocycles. The highest BCUT2D eigenvalue weighted by molar-refractivity contribution is 9.10. The summed E-state index contributed by atoms with van der Waals surface area (Å²) in [5.74, 6) is 0.962. The molecule has 0 saturated carbocycles. The van der Waals surface area contributed by atoms with E-state index in [1.54, 1.807) is 0 Å². The molecule has 1 unspecified atom stereocenters. The molecule has 0 aliphatic carbocycles. The normalized spacial score (nSPS) is 12.5. The monoisotopic (exact) mass is 299 g/mol. The summed E-state index contributed by atoms with van der Waals surface area (Å²) in [6, 6.07) is 6.13. The first-order valence-corrected chi connectivity index (χ1v) is 7.06. The number of hydrogen-bond donors (Lipinski definition) is 1. The van der Waals surface area contributed by atoms with Crippen LogP contribution in [-0.4, -0.2) is 19.2 Å². The van der Waals surface area contributed by atoms with Crippen LogP contribution in [0.15, 0.2) is 22.7 Å². The Hall–Kier alpha value is -0.540. The Morgan fingerprint density at radius 2 is 2.18 bits per heavy atom. The molecule has 2 nitrogen and oxygen atoms in total. The van der Waals surface area contributed by atoms with Gasteiger partial charge in [0.15, 0.2) is 0 Å². The fraction of sp³-hybridized carbons (Fsp3) is 0.571. The van der Waals surface area contributed by atoms with Gasteiger partial charge in [0.05, 0.1) is 0 Å². The fourth-order valence-corrected chi connectivity index (χ4v) is 1.91. The van der Waals surface area contributed by atoms with E-state index in [1.807, 2.05) is 12.1 Å². The van der Waals surface area contributed by atoms with E-state index >= 15 is 0 Å². The predicted octanol–water partition coefficient (Wildman–Crippen LogP) is 3.91. The average molecular weight is 300 g/mol.